The van der Waals surface area contributed by atoms with Gasteiger partial charge in [-0.1, -0.05) is 16.5 Å². The lowest BCUT2D eigenvalue weighted by Crippen LogP contribution is -2.00. The standard InChI is InChI=1S/C14H11N7O3/c22-14(6-3-10-1-4-12(5-2-10)21(23)24)13-9-20(19-17-13)8-11-7-15-18-16-11/h1-7,9H,8H2,(H,15,16,18)/b6-3+. The average molecular weight is 325 g/mol. The molecule has 1 N–H and O–H groups in total. The lowest BCUT2D eigenvalue weighted by atomic mass is 10.1. The highest BCUT2D eigenvalue weighted by molar-refractivity contribution is 6.05. The van der Waals surface area contributed by atoms with Crippen molar-refractivity contribution in [3.8, 4) is 0 Å². The maximum Gasteiger partial charge on any atom is 0.269 e. The van der Waals surface area contributed by atoms with Crippen LogP contribution in [0.1, 0.15) is 21.7 Å². The minimum atomic E-state index is -0.480. The topological polar surface area (TPSA) is 132 Å². The second-order valence-corrected chi connectivity index (χ2v) is 4.83. The number of nitro benzene ring substituents is 1. The summed E-state index contributed by atoms with van der Waals surface area (Å²) in [4.78, 5) is 22.2. The summed E-state index contributed by atoms with van der Waals surface area (Å²) in [6, 6.07) is 5.87. The molecule has 0 aliphatic rings. The van der Waals surface area contributed by atoms with Crippen LogP contribution in [0.3, 0.4) is 0 Å². The van der Waals surface area contributed by atoms with Crippen molar-refractivity contribution in [1.82, 2.24) is 30.4 Å². The number of rotatable bonds is 6. The first-order valence-electron chi connectivity index (χ1n) is 6.84. The summed E-state index contributed by atoms with van der Waals surface area (Å²) in [7, 11) is 0. The SMILES string of the molecule is O=C(/C=C/c1ccc([N+](=O)[O-])cc1)c1cn(Cc2cnn[nH]2)nn1. The highest BCUT2D eigenvalue weighted by Gasteiger charge is 2.09. The Bertz CT molecular complexity index is 882. The predicted molar refractivity (Wildman–Crippen MR) is 82.0 cm³/mol. The van der Waals surface area contributed by atoms with Crippen LogP contribution in [0.2, 0.25) is 0 Å². The van der Waals surface area contributed by atoms with Crippen molar-refractivity contribution in [2.24, 2.45) is 0 Å². The molecule has 0 fully saturated rings. The first-order valence-corrected chi connectivity index (χ1v) is 6.84. The van der Waals surface area contributed by atoms with Crippen molar-refractivity contribution in [2.45, 2.75) is 6.54 Å². The minimum Gasteiger partial charge on any atom is -0.287 e. The van der Waals surface area contributed by atoms with Gasteiger partial charge in [-0.25, -0.2) is 4.68 Å². The molecule has 2 aromatic heterocycles. The molecule has 0 bridgehead atoms. The van der Waals surface area contributed by atoms with Crippen LogP contribution < -0.4 is 0 Å². The van der Waals surface area contributed by atoms with Crippen molar-refractivity contribution in [2.75, 3.05) is 0 Å². The molecule has 0 aliphatic carbocycles. The van der Waals surface area contributed by atoms with E-state index in [1.165, 1.54) is 29.1 Å². The molecule has 0 amide bonds. The van der Waals surface area contributed by atoms with Gasteiger partial charge in [0, 0.05) is 12.1 Å². The number of benzene rings is 1. The quantitative estimate of drug-likeness (QED) is 0.312. The van der Waals surface area contributed by atoms with Gasteiger partial charge in [-0.15, -0.1) is 10.2 Å². The van der Waals surface area contributed by atoms with E-state index < -0.39 is 4.92 Å². The second kappa shape index (κ2) is 6.60. The first-order chi connectivity index (χ1) is 11.6. The predicted octanol–water partition coefficient (Wildman–Crippen LogP) is 1.25. The summed E-state index contributed by atoms with van der Waals surface area (Å²) in [5.41, 5.74) is 1.60. The molecule has 0 unspecified atom stereocenters. The number of nitro groups is 1. The smallest absolute Gasteiger partial charge is 0.269 e. The van der Waals surface area contributed by atoms with Crippen molar-refractivity contribution < 1.29 is 9.72 Å². The Balaban J connectivity index is 1.66. The molecule has 0 atom stereocenters. The van der Waals surface area contributed by atoms with Gasteiger partial charge in [0.05, 0.1) is 29.6 Å². The van der Waals surface area contributed by atoms with Gasteiger partial charge in [0.1, 0.15) is 0 Å². The van der Waals surface area contributed by atoms with E-state index in [1.54, 1.807) is 24.4 Å². The number of ketones is 1. The highest BCUT2D eigenvalue weighted by atomic mass is 16.6. The molecule has 3 aromatic rings. The number of nitrogens with zero attached hydrogens (tertiary/aromatic N) is 6. The number of aromatic amines is 1. The van der Waals surface area contributed by atoms with Gasteiger partial charge in [0.2, 0.25) is 5.78 Å². The van der Waals surface area contributed by atoms with Crippen molar-refractivity contribution >= 4 is 17.5 Å². The fourth-order valence-electron chi connectivity index (χ4n) is 1.92. The third kappa shape index (κ3) is 3.55. The molecule has 120 valence electrons. The Kier molecular flexibility index (Phi) is 4.19. The van der Waals surface area contributed by atoms with E-state index in [0.717, 1.165) is 5.69 Å². The molecular formula is C14H11N7O3. The van der Waals surface area contributed by atoms with Gasteiger partial charge >= 0.3 is 0 Å². The number of H-pyrrole nitrogens is 1. The maximum absolute atomic E-state index is 12.1. The summed E-state index contributed by atoms with van der Waals surface area (Å²) in [5, 5.41) is 28.2. The number of aromatic nitrogens is 6. The van der Waals surface area contributed by atoms with Crippen LogP contribution in [0, 0.1) is 10.1 Å². The van der Waals surface area contributed by atoms with Crippen LogP contribution in [-0.2, 0) is 6.54 Å². The van der Waals surface area contributed by atoms with Gasteiger partial charge in [-0.05, 0) is 23.8 Å². The fourth-order valence-corrected chi connectivity index (χ4v) is 1.92. The zero-order chi connectivity index (χ0) is 16.9. The molecule has 2 heterocycles. The molecule has 10 nitrogen and oxygen atoms in total. The lowest BCUT2D eigenvalue weighted by molar-refractivity contribution is -0.384. The van der Waals surface area contributed by atoms with Gasteiger partial charge in [0.25, 0.3) is 5.69 Å². The summed E-state index contributed by atoms with van der Waals surface area (Å²) in [5.74, 6) is -0.317. The van der Waals surface area contributed by atoms with Crippen LogP contribution >= 0.6 is 0 Å². The molecule has 0 saturated heterocycles. The normalized spacial score (nSPS) is 11.0. The third-order valence-electron chi connectivity index (χ3n) is 3.12. The Morgan fingerprint density at radius 1 is 1.33 bits per heavy atom. The molecule has 0 saturated carbocycles. The Morgan fingerprint density at radius 2 is 2.12 bits per heavy atom. The van der Waals surface area contributed by atoms with E-state index >= 15 is 0 Å². The van der Waals surface area contributed by atoms with Crippen LogP contribution in [0.25, 0.3) is 6.08 Å². The van der Waals surface area contributed by atoms with E-state index in [1.807, 2.05) is 0 Å². The van der Waals surface area contributed by atoms with Crippen molar-refractivity contribution in [1.29, 1.82) is 0 Å². The molecular weight excluding hydrogens is 314 g/mol. The average Bonchev–Trinajstić information content (AvgIpc) is 3.25. The van der Waals surface area contributed by atoms with E-state index in [0.29, 0.717) is 12.1 Å². The number of hydrogen-bond donors (Lipinski definition) is 1. The van der Waals surface area contributed by atoms with Gasteiger partial charge in [0.15, 0.2) is 5.69 Å². The fraction of sp³-hybridized carbons (Fsp3) is 0.0714. The van der Waals surface area contributed by atoms with Crippen molar-refractivity contribution in [3.05, 3.63) is 69.8 Å². The van der Waals surface area contributed by atoms with Crippen LogP contribution in [-0.4, -0.2) is 41.1 Å². The Hall–Kier alpha value is -3.69. The summed E-state index contributed by atoms with van der Waals surface area (Å²) >= 11 is 0. The number of nitrogens with one attached hydrogen (secondary N) is 1. The molecule has 3 rings (SSSR count). The Labute approximate surface area is 135 Å². The molecule has 0 radical (unpaired) electrons. The molecule has 0 aliphatic heterocycles. The van der Waals surface area contributed by atoms with Crippen LogP contribution in [0.15, 0.2) is 42.7 Å². The van der Waals surface area contributed by atoms with Gasteiger partial charge in [-0.3, -0.25) is 20.0 Å². The first kappa shape index (κ1) is 15.2. The Morgan fingerprint density at radius 3 is 2.79 bits per heavy atom. The number of allylic oxidation sites excluding steroid dienone is 1. The monoisotopic (exact) mass is 325 g/mol. The lowest BCUT2D eigenvalue weighted by Gasteiger charge is -1.94. The largest absolute Gasteiger partial charge is 0.287 e. The number of carbonyl (C=O) groups excluding carboxylic acids is 1. The van der Waals surface area contributed by atoms with E-state index in [9.17, 15) is 14.9 Å². The number of hydrogen-bond acceptors (Lipinski definition) is 7. The van der Waals surface area contributed by atoms with Crippen LogP contribution in [0.4, 0.5) is 5.69 Å². The minimum absolute atomic E-state index is 0.00489. The molecule has 10 heteroatoms. The summed E-state index contributed by atoms with van der Waals surface area (Å²) in [6.45, 7) is 0.374. The number of carbonyl (C=O) groups is 1. The highest BCUT2D eigenvalue weighted by Crippen LogP contribution is 2.13. The number of non-ortho nitro benzene ring substituents is 1. The van der Waals surface area contributed by atoms with Crippen LogP contribution in [0.5, 0.6) is 0 Å². The zero-order valence-corrected chi connectivity index (χ0v) is 12.2. The third-order valence-corrected chi connectivity index (χ3v) is 3.12. The molecule has 0 spiro atoms. The van der Waals surface area contributed by atoms with Gasteiger partial charge in [-0.2, -0.15) is 0 Å². The summed E-state index contributed by atoms with van der Waals surface area (Å²) in [6.07, 6.45) is 5.97. The van der Waals surface area contributed by atoms with E-state index in [4.69, 9.17) is 0 Å². The second-order valence-electron chi connectivity index (χ2n) is 4.83. The maximum atomic E-state index is 12.1. The molecule has 24 heavy (non-hydrogen) atoms. The van der Waals surface area contributed by atoms with E-state index in [-0.39, 0.29) is 17.2 Å². The zero-order valence-electron chi connectivity index (χ0n) is 12.2. The van der Waals surface area contributed by atoms with E-state index in [2.05, 4.69) is 25.7 Å². The molecule has 1 aromatic carbocycles. The van der Waals surface area contributed by atoms with Gasteiger partial charge < -0.3 is 0 Å². The summed E-state index contributed by atoms with van der Waals surface area (Å²) < 4.78 is 1.49. The van der Waals surface area contributed by atoms with Crippen molar-refractivity contribution in [3.63, 3.8) is 0 Å².